The largest absolute Gasteiger partial charge is 0.376 e. The first-order valence-corrected chi connectivity index (χ1v) is 8.81. The van der Waals surface area contributed by atoms with Gasteiger partial charge in [-0.1, -0.05) is 12.1 Å². The van der Waals surface area contributed by atoms with Crippen LogP contribution in [0.1, 0.15) is 35.2 Å². The van der Waals surface area contributed by atoms with Crippen LogP contribution in [-0.2, 0) is 16.1 Å². The van der Waals surface area contributed by atoms with Crippen molar-refractivity contribution in [3.8, 4) is 0 Å². The molecule has 0 aliphatic carbocycles. The molecule has 0 radical (unpaired) electrons. The van der Waals surface area contributed by atoms with E-state index >= 15 is 0 Å². The summed E-state index contributed by atoms with van der Waals surface area (Å²) in [4.78, 5) is 24.2. The highest BCUT2D eigenvalue weighted by Gasteiger charge is 2.42. The first kappa shape index (κ1) is 21.5. The van der Waals surface area contributed by atoms with E-state index in [9.17, 15) is 18.4 Å². The summed E-state index contributed by atoms with van der Waals surface area (Å²) in [5, 5.41) is 8.00. The van der Waals surface area contributed by atoms with Crippen LogP contribution in [0.5, 0.6) is 0 Å². The smallest absolute Gasteiger partial charge is 0.262 e. The second-order valence-electron chi connectivity index (χ2n) is 6.76. The molecule has 2 aliphatic rings. The van der Waals surface area contributed by atoms with Crippen LogP contribution in [0.3, 0.4) is 0 Å². The van der Waals surface area contributed by atoms with E-state index in [1.54, 1.807) is 24.3 Å². The lowest BCUT2D eigenvalue weighted by atomic mass is 10.1. The fourth-order valence-electron chi connectivity index (χ4n) is 3.15. The lowest BCUT2D eigenvalue weighted by Crippen LogP contribution is -2.40. The molecule has 150 valence electrons. The first-order chi connectivity index (χ1) is 12.4. The van der Waals surface area contributed by atoms with Crippen molar-refractivity contribution in [3.05, 3.63) is 35.4 Å². The molecule has 2 atom stereocenters. The highest BCUT2D eigenvalue weighted by atomic mass is 35.5. The highest BCUT2D eigenvalue weighted by molar-refractivity contribution is 5.94. The molecule has 2 fully saturated rings. The number of carbonyl (C=O) groups is 2. The van der Waals surface area contributed by atoms with Crippen molar-refractivity contribution >= 4 is 24.2 Å². The third kappa shape index (κ3) is 6.12. The van der Waals surface area contributed by atoms with E-state index in [4.69, 9.17) is 4.74 Å². The van der Waals surface area contributed by atoms with Crippen LogP contribution >= 0.6 is 12.4 Å². The lowest BCUT2D eigenvalue weighted by molar-refractivity contribution is -0.123. The molecule has 9 heteroatoms. The molecule has 27 heavy (non-hydrogen) atoms. The van der Waals surface area contributed by atoms with Gasteiger partial charge in [0.1, 0.15) is 0 Å². The highest BCUT2D eigenvalue weighted by Crippen LogP contribution is 2.25. The van der Waals surface area contributed by atoms with Crippen molar-refractivity contribution in [1.82, 2.24) is 16.0 Å². The van der Waals surface area contributed by atoms with Gasteiger partial charge >= 0.3 is 0 Å². The summed E-state index contributed by atoms with van der Waals surface area (Å²) in [6.07, 6.45) is 1.53. The van der Waals surface area contributed by atoms with E-state index in [0.29, 0.717) is 12.1 Å². The Kier molecular flexibility index (Phi) is 7.52. The Bertz CT molecular complexity index is 669. The number of alkyl halides is 2. The summed E-state index contributed by atoms with van der Waals surface area (Å²) >= 11 is 0. The Morgan fingerprint density at radius 3 is 2.78 bits per heavy atom. The Hall–Kier alpha value is -1.77. The van der Waals surface area contributed by atoms with Gasteiger partial charge < -0.3 is 15.4 Å². The van der Waals surface area contributed by atoms with Gasteiger partial charge in [0.05, 0.1) is 18.7 Å². The maximum Gasteiger partial charge on any atom is 0.262 e. The summed E-state index contributed by atoms with van der Waals surface area (Å²) < 4.78 is 31.8. The van der Waals surface area contributed by atoms with Crippen molar-refractivity contribution in [2.24, 2.45) is 0 Å². The minimum atomic E-state index is -2.84. The molecule has 2 aliphatic heterocycles. The van der Waals surface area contributed by atoms with Gasteiger partial charge in [-0.2, -0.15) is 0 Å². The van der Waals surface area contributed by atoms with E-state index in [-0.39, 0.29) is 31.0 Å². The van der Waals surface area contributed by atoms with E-state index in [1.807, 2.05) is 0 Å². The second kappa shape index (κ2) is 9.43. The molecule has 2 amide bonds. The van der Waals surface area contributed by atoms with Gasteiger partial charge in [-0.05, 0) is 30.5 Å². The average molecular weight is 404 g/mol. The van der Waals surface area contributed by atoms with Gasteiger partial charge in [-0.15, -0.1) is 12.4 Å². The molecule has 1 aromatic rings. The minimum absolute atomic E-state index is 0. The Morgan fingerprint density at radius 1 is 1.30 bits per heavy atom. The maximum atomic E-state index is 13.1. The molecule has 2 saturated heterocycles. The van der Waals surface area contributed by atoms with Crippen molar-refractivity contribution < 1.29 is 23.1 Å². The molecular weight excluding hydrogens is 380 g/mol. The SMILES string of the molecule is Cl.O=C(NCC1CCCO1)c1cccc(CNC(=O)C2CC(F)(F)CN2)c1. The Labute approximate surface area is 162 Å². The fourth-order valence-corrected chi connectivity index (χ4v) is 3.15. The number of halogens is 3. The van der Waals surface area contributed by atoms with Crippen LogP contribution in [0.2, 0.25) is 0 Å². The van der Waals surface area contributed by atoms with Crippen molar-refractivity contribution in [2.45, 2.75) is 43.9 Å². The van der Waals surface area contributed by atoms with Gasteiger partial charge in [-0.3, -0.25) is 14.9 Å². The molecular formula is C18H24ClF2N3O3. The predicted octanol–water partition coefficient (Wildman–Crippen LogP) is 1.63. The molecule has 3 rings (SSSR count). The molecule has 6 nitrogen and oxygen atoms in total. The topological polar surface area (TPSA) is 79.5 Å². The number of nitrogens with one attached hydrogen (secondary N) is 3. The average Bonchev–Trinajstić information content (AvgIpc) is 3.27. The van der Waals surface area contributed by atoms with E-state index in [2.05, 4.69) is 16.0 Å². The Balaban J connectivity index is 0.00000261. The molecule has 2 unspecified atom stereocenters. The first-order valence-electron chi connectivity index (χ1n) is 8.81. The van der Waals surface area contributed by atoms with Crippen molar-refractivity contribution in [1.29, 1.82) is 0 Å². The van der Waals surface area contributed by atoms with Gasteiger partial charge in [0.15, 0.2) is 0 Å². The summed E-state index contributed by atoms with van der Waals surface area (Å²) in [6, 6.07) is 5.98. The summed E-state index contributed by atoms with van der Waals surface area (Å²) in [7, 11) is 0. The predicted molar refractivity (Wildman–Crippen MR) is 98.2 cm³/mol. The Morgan fingerprint density at radius 2 is 2.11 bits per heavy atom. The van der Waals surface area contributed by atoms with Crippen LogP contribution in [0.15, 0.2) is 24.3 Å². The number of amides is 2. The van der Waals surface area contributed by atoms with Gasteiger partial charge in [0.25, 0.3) is 11.8 Å². The molecule has 1 aromatic carbocycles. The van der Waals surface area contributed by atoms with Crippen molar-refractivity contribution in [2.75, 3.05) is 19.7 Å². The van der Waals surface area contributed by atoms with Gasteiger partial charge in [-0.25, -0.2) is 8.78 Å². The monoisotopic (exact) mass is 403 g/mol. The molecule has 2 heterocycles. The third-order valence-corrected chi connectivity index (χ3v) is 4.60. The number of carbonyl (C=O) groups excluding carboxylic acids is 2. The van der Waals surface area contributed by atoms with E-state index < -0.39 is 30.8 Å². The quantitative estimate of drug-likeness (QED) is 0.674. The number of rotatable bonds is 6. The summed E-state index contributed by atoms with van der Waals surface area (Å²) in [6.45, 7) is 0.903. The number of ether oxygens (including phenoxy) is 1. The van der Waals surface area contributed by atoms with Gasteiger partial charge in [0, 0.05) is 31.7 Å². The zero-order chi connectivity index (χ0) is 18.6. The minimum Gasteiger partial charge on any atom is -0.376 e. The summed E-state index contributed by atoms with van der Waals surface area (Å²) in [5.74, 6) is -3.51. The van der Waals surface area contributed by atoms with Crippen LogP contribution < -0.4 is 16.0 Å². The summed E-state index contributed by atoms with van der Waals surface area (Å²) in [5.41, 5.74) is 1.22. The zero-order valence-corrected chi connectivity index (χ0v) is 15.6. The van der Waals surface area contributed by atoms with Gasteiger partial charge in [0.2, 0.25) is 5.91 Å². The molecule has 0 aromatic heterocycles. The van der Waals surface area contributed by atoms with Crippen LogP contribution in [0.4, 0.5) is 8.78 Å². The van der Waals surface area contributed by atoms with Crippen LogP contribution in [0, 0.1) is 0 Å². The number of hydrogen-bond donors (Lipinski definition) is 3. The second-order valence-corrected chi connectivity index (χ2v) is 6.76. The van der Waals surface area contributed by atoms with E-state index in [1.165, 1.54) is 0 Å². The van der Waals surface area contributed by atoms with Crippen LogP contribution in [-0.4, -0.2) is 49.6 Å². The molecule has 0 bridgehead atoms. The standard InChI is InChI=1S/C18H23F2N3O3.ClH/c19-18(20)8-15(23-11-18)17(25)21-9-12-3-1-4-13(7-12)16(24)22-10-14-5-2-6-26-14;/h1,3-4,7,14-15,23H,2,5-6,8-11H2,(H,21,25)(H,22,24);1H. The molecule has 0 saturated carbocycles. The molecule has 3 N–H and O–H groups in total. The number of hydrogen-bond acceptors (Lipinski definition) is 4. The lowest BCUT2D eigenvalue weighted by Gasteiger charge is -2.13. The number of benzene rings is 1. The van der Waals surface area contributed by atoms with Crippen LogP contribution in [0.25, 0.3) is 0 Å². The normalized spacial score (nSPS) is 23.5. The maximum absolute atomic E-state index is 13.1. The molecule has 0 spiro atoms. The zero-order valence-electron chi connectivity index (χ0n) is 14.8. The van der Waals surface area contributed by atoms with E-state index in [0.717, 1.165) is 25.0 Å². The third-order valence-electron chi connectivity index (χ3n) is 4.60. The fraction of sp³-hybridized carbons (Fsp3) is 0.556. The van der Waals surface area contributed by atoms with Crippen molar-refractivity contribution in [3.63, 3.8) is 0 Å².